The van der Waals surface area contributed by atoms with Crippen molar-refractivity contribution in [3.05, 3.63) is 35.1 Å². The van der Waals surface area contributed by atoms with Gasteiger partial charge in [0.15, 0.2) is 11.6 Å². The van der Waals surface area contributed by atoms with Gasteiger partial charge in [-0.15, -0.1) is 0 Å². The molecule has 4 atom stereocenters. The van der Waals surface area contributed by atoms with E-state index in [4.69, 9.17) is 5.73 Å². The Labute approximate surface area is 162 Å². The maximum absolute atomic E-state index is 13.9. The van der Waals surface area contributed by atoms with Crippen molar-refractivity contribution < 1.29 is 22.8 Å². The summed E-state index contributed by atoms with van der Waals surface area (Å²) >= 11 is 0. The van der Waals surface area contributed by atoms with E-state index in [2.05, 4.69) is 0 Å². The van der Waals surface area contributed by atoms with Crippen LogP contribution >= 0.6 is 0 Å². The summed E-state index contributed by atoms with van der Waals surface area (Å²) in [5, 5.41) is 0. The van der Waals surface area contributed by atoms with Gasteiger partial charge >= 0.3 is 0 Å². The van der Waals surface area contributed by atoms with Crippen LogP contribution in [0.5, 0.6) is 0 Å². The standard InChI is InChI=1S/C20H26F3N3O2/c1-11(27)25(2)10-20(28)26-14-3-4-15(26)6-13(5-14)19(24)8-12-7-17(22)18(23)9-16(12)21/h7,9,13-15,19H,3-6,8,10,24H2,1-2H3/t13?,14-,15+,19-/m1/s1. The van der Waals surface area contributed by atoms with E-state index in [-0.39, 0.29) is 48.3 Å². The monoisotopic (exact) mass is 397 g/mol. The number of fused-ring (bicyclic) bond motifs is 2. The Morgan fingerprint density at radius 3 is 2.29 bits per heavy atom. The molecule has 0 aromatic heterocycles. The number of benzene rings is 1. The highest BCUT2D eigenvalue weighted by molar-refractivity contribution is 5.84. The zero-order valence-corrected chi connectivity index (χ0v) is 16.1. The van der Waals surface area contributed by atoms with Crippen molar-refractivity contribution in [1.29, 1.82) is 0 Å². The van der Waals surface area contributed by atoms with Gasteiger partial charge < -0.3 is 15.5 Å². The fraction of sp³-hybridized carbons (Fsp3) is 0.600. The lowest BCUT2D eigenvalue weighted by Gasteiger charge is -2.41. The number of amides is 2. The van der Waals surface area contributed by atoms with Crippen LogP contribution in [0.25, 0.3) is 0 Å². The number of nitrogens with two attached hydrogens (primary N) is 1. The third kappa shape index (κ3) is 4.16. The molecule has 8 heteroatoms. The Kier molecular flexibility index (Phi) is 5.98. The van der Waals surface area contributed by atoms with Gasteiger partial charge in [-0.3, -0.25) is 9.59 Å². The van der Waals surface area contributed by atoms with Crippen molar-refractivity contribution in [2.45, 2.75) is 57.2 Å². The number of carbonyl (C=O) groups is 2. The van der Waals surface area contributed by atoms with Crippen molar-refractivity contribution in [2.24, 2.45) is 11.7 Å². The number of rotatable bonds is 5. The van der Waals surface area contributed by atoms with Crippen LogP contribution in [0.4, 0.5) is 13.2 Å². The molecule has 0 spiro atoms. The zero-order chi connectivity index (χ0) is 20.6. The highest BCUT2D eigenvalue weighted by atomic mass is 19.2. The van der Waals surface area contributed by atoms with Gasteiger partial charge in [0.25, 0.3) is 0 Å². The maximum atomic E-state index is 13.9. The predicted octanol–water partition coefficient (Wildman–Crippen LogP) is 2.22. The molecular formula is C20H26F3N3O2. The van der Waals surface area contributed by atoms with E-state index >= 15 is 0 Å². The fourth-order valence-electron chi connectivity index (χ4n) is 4.51. The molecule has 2 bridgehead atoms. The summed E-state index contributed by atoms with van der Waals surface area (Å²) in [6.45, 7) is 1.48. The topological polar surface area (TPSA) is 66.6 Å². The summed E-state index contributed by atoms with van der Waals surface area (Å²) in [4.78, 5) is 27.3. The number of halogens is 3. The summed E-state index contributed by atoms with van der Waals surface area (Å²) in [5.41, 5.74) is 6.36. The summed E-state index contributed by atoms with van der Waals surface area (Å²) in [7, 11) is 1.60. The van der Waals surface area contributed by atoms with Crippen molar-refractivity contribution in [2.75, 3.05) is 13.6 Å². The van der Waals surface area contributed by atoms with Gasteiger partial charge in [0, 0.05) is 38.2 Å². The van der Waals surface area contributed by atoms with Crippen LogP contribution in [-0.2, 0) is 16.0 Å². The molecule has 0 saturated carbocycles. The van der Waals surface area contributed by atoms with Crippen LogP contribution in [0, 0.1) is 23.4 Å². The first-order valence-electron chi connectivity index (χ1n) is 9.59. The lowest BCUT2D eigenvalue weighted by Crippen LogP contribution is -2.52. The number of nitrogens with zero attached hydrogens (tertiary/aromatic N) is 2. The average Bonchev–Trinajstić information content (AvgIpc) is 2.89. The number of piperidine rings is 1. The van der Waals surface area contributed by atoms with Gasteiger partial charge in [0.2, 0.25) is 11.8 Å². The van der Waals surface area contributed by atoms with E-state index in [9.17, 15) is 22.8 Å². The molecule has 154 valence electrons. The lowest BCUT2D eigenvalue weighted by atomic mass is 9.82. The second-order valence-corrected chi connectivity index (χ2v) is 8.02. The molecule has 2 heterocycles. The van der Waals surface area contributed by atoms with Gasteiger partial charge in [-0.1, -0.05) is 0 Å². The first-order chi connectivity index (χ1) is 13.2. The molecule has 2 amide bonds. The maximum Gasteiger partial charge on any atom is 0.242 e. The molecule has 2 N–H and O–H groups in total. The van der Waals surface area contributed by atoms with E-state index in [0.29, 0.717) is 18.9 Å². The summed E-state index contributed by atoms with van der Waals surface area (Å²) < 4.78 is 40.5. The molecule has 1 unspecified atom stereocenters. The van der Waals surface area contributed by atoms with Crippen LogP contribution in [-0.4, -0.2) is 53.3 Å². The molecule has 1 aromatic rings. The van der Waals surface area contributed by atoms with E-state index in [1.807, 2.05) is 4.90 Å². The normalized spacial score (nSPS) is 24.9. The Hall–Kier alpha value is -2.09. The van der Waals surface area contributed by atoms with Crippen molar-refractivity contribution in [3.63, 3.8) is 0 Å². The summed E-state index contributed by atoms with van der Waals surface area (Å²) in [5.74, 6) is -3.25. The number of carbonyl (C=O) groups excluding carboxylic acids is 2. The molecule has 28 heavy (non-hydrogen) atoms. The first kappa shape index (κ1) is 20.6. The van der Waals surface area contributed by atoms with E-state index in [1.54, 1.807) is 7.05 Å². The SMILES string of the molecule is CC(=O)N(C)CC(=O)N1[C@@H]2CC[C@H]1CC([C@H](N)Cc1cc(F)c(F)cc1F)C2. The molecular weight excluding hydrogens is 371 g/mol. The molecule has 2 fully saturated rings. The second-order valence-electron chi connectivity index (χ2n) is 8.02. The first-order valence-corrected chi connectivity index (χ1v) is 9.59. The van der Waals surface area contributed by atoms with Crippen LogP contribution in [0.3, 0.4) is 0 Å². The fourth-order valence-corrected chi connectivity index (χ4v) is 4.51. The Balaban J connectivity index is 1.64. The molecule has 0 radical (unpaired) electrons. The van der Waals surface area contributed by atoms with Gasteiger partial charge in [0.1, 0.15) is 5.82 Å². The number of likely N-dealkylation sites (N-methyl/N-ethyl adjacent to an activating group) is 1. The average molecular weight is 397 g/mol. The third-order valence-corrected chi connectivity index (χ3v) is 6.12. The van der Waals surface area contributed by atoms with Gasteiger partial charge in [-0.05, 0) is 49.7 Å². The van der Waals surface area contributed by atoms with Crippen LogP contribution in [0.2, 0.25) is 0 Å². The Bertz CT molecular complexity index is 759. The molecule has 5 nitrogen and oxygen atoms in total. The molecule has 2 aliphatic heterocycles. The lowest BCUT2D eigenvalue weighted by molar-refractivity contribution is -0.142. The van der Waals surface area contributed by atoms with Gasteiger partial charge in [0.05, 0.1) is 6.54 Å². The molecule has 2 aliphatic rings. The van der Waals surface area contributed by atoms with Gasteiger partial charge in [-0.2, -0.15) is 0 Å². The highest BCUT2D eigenvalue weighted by Crippen LogP contribution is 2.40. The van der Waals surface area contributed by atoms with Crippen LogP contribution in [0.1, 0.15) is 38.2 Å². The second kappa shape index (κ2) is 8.11. The molecule has 3 rings (SSSR count). The molecule has 0 aliphatic carbocycles. The largest absolute Gasteiger partial charge is 0.337 e. The minimum Gasteiger partial charge on any atom is -0.337 e. The summed E-state index contributed by atoms with van der Waals surface area (Å²) in [6.07, 6.45) is 3.26. The quantitative estimate of drug-likeness (QED) is 0.775. The Morgan fingerprint density at radius 1 is 1.14 bits per heavy atom. The zero-order valence-electron chi connectivity index (χ0n) is 16.1. The van der Waals surface area contributed by atoms with Crippen LogP contribution < -0.4 is 5.73 Å². The molecule has 1 aromatic carbocycles. The van der Waals surface area contributed by atoms with Crippen LogP contribution in [0.15, 0.2) is 12.1 Å². The molecule has 2 saturated heterocycles. The smallest absolute Gasteiger partial charge is 0.242 e. The van der Waals surface area contributed by atoms with Crippen molar-refractivity contribution >= 4 is 11.8 Å². The van der Waals surface area contributed by atoms with Crippen molar-refractivity contribution in [3.8, 4) is 0 Å². The highest BCUT2D eigenvalue weighted by Gasteiger charge is 2.44. The van der Waals surface area contributed by atoms with E-state index in [1.165, 1.54) is 11.8 Å². The number of hydrogen-bond donors (Lipinski definition) is 1. The van der Waals surface area contributed by atoms with E-state index in [0.717, 1.165) is 18.9 Å². The summed E-state index contributed by atoms with van der Waals surface area (Å²) in [6, 6.07) is 1.12. The van der Waals surface area contributed by atoms with E-state index < -0.39 is 23.5 Å². The number of hydrogen-bond acceptors (Lipinski definition) is 3. The minimum atomic E-state index is -1.21. The van der Waals surface area contributed by atoms with Gasteiger partial charge in [-0.25, -0.2) is 13.2 Å². The third-order valence-electron chi connectivity index (χ3n) is 6.12. The Morgan fingerprint density at radius 2 is 1.71 bits per heavy atom. The minimum absolute atomic E-state index is 0.0532. The van der Waals surface area contributed by atoms with Crippen molar-refractivity contribution in [1.82, 2.24) is 9.80 Å². The predicted molar refractivity (Wildman–Crippen MR) is 97.7 cm³/mol.